The summed E-state index contributed by atoms with van der Waals surface area (Å²) in [7, 11) is -2.54. The van der Waals surface area contributed by atoms with Crippen molar-refractivity contribution in [1.29, 1.82) is 0 Å². The number of hydrogen-bond acceptors (Lipinski definition) is 6. The summed E-state index contributed by atoms with van der Waals surface area (Å²) in [5.41, 5.74) is 0.481. The summed E-state index contributed by atoms with van der Waals surface area (Å²) >= 11 is 0. The molecule has 19 heavy (non-hydrogen) atoms. The number of benzene rings is 1. The van der Waals surface area contributed by atoms with Gasteiger partial charge in [-0.3, -0.25) is 0 Å². The molecule has 98 valence electrons. The summed E-state index contributed by atoms with van der Waals surface area (Å²) in [6, 6.07) is 4.20. The van der Waals surface area contributed by atoms with Gasteiger partial charge in [0, 0.05) is 0 Å². The monoisotopic (exact) mass is 280 g/mol. The lowest BCUT2D eigenvalue weighted by Gasteiger charge is -2.18. The van der Waals surface area contributed by atoms with E-state index in [1.165, 1.54) is 36.3 Å². The van der Waals surface area contributed by atoms with E-state index in [2.05, 4.69) is 19.5 Å². The van der Waals surface area contributed by atoms with E-state index < -0.39 is 16.0 Å². The van der Waals surface area contributed by atoms with Crippen LogP contribution in [0, 0.1) is 0 Å². The van der Waals surface area contributed by atoms with Gasteiger partial charge in [-0.05, 0) is 18.2 Å². The first-order valence-corrected chi connectivity index (χ1v) is 6.67. The van der Waals surface area contributed by atoms with Crippen molar-refractivity contribution < 1.29 is 17.9 Å². The van der Waals surface area contributed by atoms with Gasteiger partial charge < -0.3 is 4.74 Å². The van der Waals surface area contributed by atoms with Gasteiger partial charge in [-0.25, -0.2) is 17.9 Å². The van der Waals surface area contributed by atoms with Crippen LogP contribution in [0.25, 0.3) is 5.69 Å². The maximum absolute atomic E-state index is 12.1. The van der Waals surface area contributed by atoms with Crippen LogP contribution in [0.2, 0.25) is 0 Å². The summed E-state index contributed by atoms with van der Waals surface area (Å²) < 4.78 is 32.3. The highest BCUT2D eigenvalue weighted by Crippen LogP contribution is 2.29. The van der Waals surface area contributed by atoms with Crippen LogP contribution in [0.5, 0.6) is 0 Å². The zero-order chi connectivity index (χ0) is 13.6. The lowest BCUT2D eigenvalue weighted by Crippen LogP contribution is -2.24. The second-order valence-corrected chi connectivity index (χ2v) is 5.43. The van der Waals surface area contributed by atoms with Crippen LogP contribution >= 0.6 is 0 Å². The second kappa shape index (κ2) is 3.79. The van der Waals surface area contributed by atoms with Crippen LogP contribution in [0.4, 0.5) is 5.95 Å². The van der Waals surface area contributed by atoms with Crippen molar-refractivity contribution in [2.24, 2.45) is 0 Å². The average molecular weight is 280 g/mol. The van der Waals surface area contributed by atoms with Crippen molar-refractivity contribution in [3.8, 4) is 5.69 Å². The number of aromatic nitrogens is 3. The van der Waals surface area contributed by atoms with E-state index in [4.69, 9.17) is 0 Å². The summed E-state index contributed by atoms with van der Waals surface area (Å²) in [6.07, 6.45) is 1.24. The molecule has 1 N–H and O–H groups in total. The quantitative estimate of drug-likeness (QED) is 0.747. The number of fused-ring (bicyclic) bond motifs is 3. The van der Waals surface area contributed by atoms with E-state index in [1.807, 2.05) is 0 Å². The largest absolute Gasteiger partial charge is 0.465 e. The van der Waals surface area contributed by atoms with E-state index >= 15 is 0 Å². The van der Waals surface area contributed by atoms with E-state index in [-0.39, 0.29) is 16.4 Å². The Morgan fingerprint density at radius 3 is 2.95 bits per heavy atom. The van der Waals surface area contributed by atoms with Crippen molar-refractivity contribution in [1.82, 2.24) is 14.8 Å². The third kappa shape index (κ3) is 1.66. The molecule has 3 rings (SSSR count). The van der Waals surface area contributed by atoms with Crippen LogP contribution in [-0.2, 0) is 14.8 Å². The maximum atomic E-state index is 12.1. The smallest absolute Gasteiger partial charge is 0.337 e. The fourth-order valence-electron chi connectivity index (χ4n) is 1.81. The Balaban J connectivity index is 2.27. The first-order chi connectivity index (χ1) is 9.03. The molecule has 2 aromatic rings. The van der Waals surface area contributed by atoms with Crippen molar-refractivity contribution in [3.63, 3.8) is 0 Å². The van der Waals surface area contributed by atoms with Gasteiger partial charge in [-0.2, -0.15) is 14.8 Å². The molecule has 0 spiro atoms. The Labute approximate surface area is 108 Å². The zero-order valence-electron chi connectivity index (χ0n) is 9.69. The molecular weight excluding hydrogens is 272 g/mol. The number of nitrogens with zero attached hydrogens (tertiary/aromatic N) is 3. The number of rotatable bonds is 1. The second-order valence-electron chi connectivity index (χ2n) is 3.78. The normalized spacial score (nSPS) is 15.0. The molecule has 0 radical (unpaired) electrons. The van der Waals surface area contributed by atoms with Crippen LogP contribution in [0.1, 0.15) is 10.4 Å². The van der Waals surface area contributed by atoms with Gasteiger partial charge in [0.1, 0.15) is 11.2 Å². The minimum absolute atomic E-state index is 0.0478. The molecule has 1 aliphatic rings. The van der Waals surface area contributed by atoms with Crippen LogP contribution in [0.15, 0.2) is 29.4 Å². The molecule has 2 heterocycles. The Kier molecular flexibility index (Phi) is 2.32. The van der Waals surface area contributed by atoms with Crippen LogP contribution < -0.4 is 4.72 Å². The Morgan fingerprint density at radius 1 is 1.42 bits per heavy atom. The number of carbonyl (C=O) groups is 1. The van der Waals surface area contributed by atoms with Gasteiger partial charge in [0.2, 0.25) is 5.95 Å². The molecule has 1 aromatic heterocycles. The van der Waals surface area contributed by atoms with Crippen LogP contribution in [0.3, 0.4) is 0 Å². The first-order valence-electron chi connectivity index (χ1n) is 5.18. The van der Waals surface area contributed by atoms with Crippen molar-refractivity contribution >= 4 is 21.9 Å². The summed E-state index contributed by atoms with van der Waals surface area (Å²) in [5.74, 6) is -0.499. The lowest BCUT2D eigenvalue weighted by atomic mass is 10.2. The molecule has 0 saturated carbocycles. The predicted molar refractivity (Wildman–Crippen MR) is 63.5 cm³/mol. The standard InChI is InChI=1S/C10H8N4O4S/c1-18-9(15)6-2-3-7-8(4-6)19(16,17)13-10-11-5-12-14(7)10/h2-5H,1H3,(H,11,12,13). The minimum Gasteiger partial charge on any atom is -0.465 e. The summed E-state index contributed by atoms with van der Waals surface area (Å²) in [4.78, 5) is 15.2. The fourth-order valence-corrected chi connectivity index (χ4v) is 3.01. The van der Waals surface area contributed by atoms with Crippen molar-refractivity contribution in [2.75, 3.05) is 11.8 Å². The molecule has 0 saturated heterocycles. The molecule has 0 atom stereocenters. The zero-order valence-corrected chi connectivity index (χ0v) is 10.5. The Morgan fingerprint density at radius 2 is 2.21 bits per heavy atom. The van der Waals surface area contributed by atoms with E-state index in [1.54, 1.807) is 0 Å². The van der Waals surface area contributed by atoms with Crippen molar-refractivity contribution in [3.05, 3.63) is 30.1 Å². The van der Waals surface area contributed by atoms with E-state index in [9.17, 15) is 13.2 Å². The Hall–Kier alpha value is -2.42. The highest BCUT2D eigenvalue weighted by Gasteiger charge is 2.29. The molecule has 0 bridgehead atoms. The van der Waals surface area contributed by atoms with Gasteiger partial charge in [0.05, 0.1) is 18.4 Å². The van der Waals surface area contributed by atoms with Gasteiger partial charge in [0.15, 0.2) is 0 Å². The summed E-state index contributed by atoms with van der Waals surface area (Å²) in [5, 5.41) is 3.92. The van der Waals surface area contributed by atoms with E-state index in [0.717, 1.165) is 0 Å². The molecule has 0 amide bonds. The van der Waals surface area contributed by atoms with Crippen molar-refractivity contribution in [2.45, 2.75) is 4.90 Å². The van der Waals surface area contributed by atoms with Gasteiger partial charge in [0.25, 0.3) is 10.0 Å². The molecule has 0 unspecified atom stereocenters. The molecule has 8 nitrogen and oxygen atoms in total. The number of methoxy groups -OCH3 is 1. The van der Waals surface area contributed by atoms with Crippen LogP contribution in [-0.4, -0.2) is 36.3 Å². The third-order valence-corrected chi connectivity index (χ3v) is 4.03. The highest BCUT2D eigenvalue weighted by atomic mass is 32.2. The molecular formula is C10H8N4O4S. The Bertz CT molecular complexity index is 781. The summed E-state index contributed by atoms with van der Waals surface area (Å²) in [6.45, 7) is 0. The van der Waals surface area contributed by atoms with Gasteiger partial charge in [-0.1, -0.05) is 0 Å². The SMILES string of the molecule is COC(=O)c1ccc2c(c1)S(=O)(=O)Nc1ncnn1-2. The van der Waals surface area contributed by atoms with E-state index in [0.29, 0.717) is 5.69 Å². The lowest BCUT2D eigenvalue weighted by molar-refractivity contribution is 0.0600. The first kappa shape index (κ1) is 11.7. The number of carbonyl (C=O) groups excluding carboxylic acids is 1. The fraction of sp³-hybridized carbons (Fsp3) is 0.100. The predicted octanol–water partition coefficient (Wildman–Crippen LogP) is 0.168. The molecule has 0 aliphatic carbocycles. The number of sulfonamides is 1. The number of anilines is 1. The molecule has 9 heteroatoms. The van der Waals surface area contributed by atoms with Gasteiger partial charge in [-0.15, -0.1) is 0 Å². The van der Waals surface area contributed by atoms with Gasteiger partial charge >= 0.3 is 5.97 Å². The minimum atomic E-state index is -3.77. The maximum Gasteiger partial charge on any atom is 0.337 e. The topological polar surface area (TPSA) is 103 Å². The molecule has 1 aromatic carbocycles. The number of ether oxygens (including phenoxy) is 1. The number of esters is 1. The number of hydrogen-bond donors (Lipinski definition) is 1. The molecule has 0 fully saturated rings. The number of nitrogens with one attached hydrogen (secondary N) is 1. The third-order valence-electron chi connectivity index (χ3n) is 2.67. The highest BCUT2D eigenvalue weighted by molar-refractivity contribution is 7.93. The average Bonchev–Trinajstić information content (AvgIpc) is 2.84. The molecule has 1 aliphatic heterocycles.